The van der Waals surface area contributed by atoms with Crippen molar-refractivity contribution in [1.29, 1.82) is 0 Å². The van der Waals surface area contributed by atoms with E-state index in [-0.39, 0.29) is 0 Å². The van der Waals surface area contributed by atoms with Crippen molar-refractivity contribution >= 4 is 11.3 Å². The summed E-state index contributed by atoms with van der Waals surface area (Å²) in [7, 11) is 0. The number of nitrogens with two attached hydrogens (primary N) is 1. The van der Waals surface area contributed by atoms with Gasteiger partial charge in [0.05, 0.1) is 5.69 Å². The molecule has 0 amide bonds. The Morgan fingerprint density at radius 2 is 1.84 bits per heavy atom. The van der Waals surface area contributed by atoms with Crippen LogP contribution in [0.3, 0.4) is 0 Å². The molecule has 0 saturated heterocycles. The second kappa shape index (κ2) is 4.05. The topological polar surface area (TPSA) is 69.1 Å². The van der Waals surface area contributed by atoms with Gasteiger partial charge >= 0.3 is 0 Å². The van der Waals surface area contributed by atoms with Gasteiger partial charge in [0.25, 0.3) is 0 Å². The van der Waals surface area contributed by atoms with Crippen LogP contribution in [0.5, 0.6) is 0 Å². The van der Waals surface area contributed by atoms with E-state index in [9.17, 15) is 0 Å². The number of anilines is 1. The summed E-state index contributed by atoms with van der Waals surface area (Å²) in [6.45, 7) is 5.97. The molecule has 5 heteroatoms. The van der Waals surface area contributed by atoms with Gasteiger partial charge in [-0.25, -0.2) is 0 Å². The van der Waals surface area contributed by atoms with Gasteiger partial charge in [0, 0.05) is 11.3 Å². The molecular formula is C14H15N5. The molecule has 2 aromatic heterocycles. The lowest BCUT2D eigenvalue weighted by atomic mass is 10.0. The zero-order valence-electron chi connectivity index (χ0n) is 11.2. The number of fused-ring (bicyclic) bond motifs is 1. The van der Waals surface area contributed by atoms with Gasteiger partial charge in [-0.1, -0.05) is 6.07 Å². The minimum absolute atomic E-state index is 0.683. The van der Waals surface area contributed by atoms with E-state index in [0.29, 0.717) is 5.82 Å². The number of hydrogen-bond acceptors (Lipinski definition) is 4. The first-order valence-corrected chi connectivity index (χ1v) is 6.12. The molecule has 5 nitrogen and oxygen atoms in total. The van der Waals surface area contributed by atoms with Crippen molar-refractivity contribution in [2.75, 3.05) is 5.73 Å². The molecule has 96 valence electrons. The number of aromatic nitrogens is 4. The summed E-state index contributed by atoms with van der Waals surface area (Å²) in [5.41, 5.74) is 11.6. The first-order chi connectivity index (χ1) is 9.06. The van der Waals surface area contributed by atoms with Crippen molar-refractivity contribution < 1.29 is 0 Å². The van der Waals surface area contributed by atoms with Gasteiger partial charge in [-0.05, 0) is 50.1 Å². The van der Waals surface area contributed by atoms with Crippen LogP contribution >= 0.6 is 0 Å². The second-order valence-electron chi connectivity index (χ2n) is 4.81. The molecule has 0 unspecified atom stereocenters. The van der Waals surface area contributed by atoms with Crippen molar-refractivity contribution in [2.45, 2.75) is 20.8 Å². The minimum Gasteiger partial charge on any atom is -0.398 e. The highest BCUT2D eigenvalue weighted by atomic mass is 15.4. The van der Waals surface area contributed by atoms with Crippen LogP contribution in [-0.2, 0) is 0 Å². The van der Waals surface area contributed by atoms with Crippen LogP contribution in [0.25, 0.3) is 17.0 Å². The monoisotopic (exact) mass is 253 g/mol. The summed E-state index contributed by atoms with van der Waals surface area (Å²) in [5.74, 6) is 0.683. The highest BCUT2D eigenvalue weighted by molar-refractivity contribution is 5.76. The Kier molecular flexibility index (Phi) is 2.48. The normalized spacial score (nSPS) is 11.1. The summed E-state index contributed by atoms with van der Waals surface area (Å²) in [4.78, 5) is 0. The van der Waals surface area contributed by atoms with Gasteiger partial charge in [0.1, 0.15) is 0 Å². The quantitative estimate of drug-likeness (QED) is 0.676. The number of hydrogen-bond donors (Lipinski definition) is 1. The molecule has 0 radical (unpaired) electrons. The lowest BCUT2D eigenvalue weighted by molar-refractivity contribution is 0.902. The number of nitrogen functional groups attached to an aromatic ring is 1. The number of aryl methyl sites for hydroxylation is 3. The Bertz CT molecular complexity index is 773. The highest BCUT2D eigenvalue weighted by Gasteiger charge is 2.14. The standard InChI is InChI=1S/C14H15N5/c1-8-6-9(2)13(15)11(7-8)14-17-16-12-5-4-10(3)18-19(12)14/h4-7H,15H2,1-3H3. The molecule has 19 heavy (non-hydrogen) atoms. The molecule has 0 atom stereocenters. The highest BCUT2D eigenvalue weighted by Crippen LogP contribution is 2.28. The zero-order valence-corrected chi connectivity index (χ0v) is 11.2. The molecular weight excluding hydrogens is 238 g/mol. The van der Waals surface area contributed by atoms with Crippen LogP contribution in [0.1, 0.15) is 16.8 Å². The van der Waals surface area contributed by atoms with Crippen molar-refractivity contribution in [1.82, 2.24) is 19.8 Å². The van der Waals surface area contributed by atoms with E-state index in [1.54, 1.807) is 4.52 Å². The number of nitrogens with zero attached hydrogens (tertiary/aromatic N) is 4. The average Bonchev–Trinajstić information content (AvgIpc) is 2.76. The van der Waals surface area contributed by atoms with Crippen LogP contribution in [0, 0.1) is 20.8 Å². The lowest BCUT2D eigenvalue weighted by Gasteiger charge is -2.08. The smallest absolute Gasteiger partial charge is 0.187 e. The summed E-state index contributed by atoms with van der Waals surface area (Å²) in [6.07, 6.45) is 0. The van der Waals surface area contributed by atoms with E-state index in [2.05, 4.69) is 21.4 Å². The maximum atomic E-state index is 6.16. The molecule has 2 N–H and O–H groups in total. The maximum Gasteiger partial charge on any atom is 0.187 e. The van der Waals surface area contributed by atoms with Crippen LogP contribution in [0.4, 0.5) is 5.69 Å². The van der Waals surface area contributed by atoms with E-state index in [1.807, 2.05) is 39.0 Å². The fourth-order valence-corrected chi connectivity index (χ4v) is 2.21. The Labute approximate surface area is 111 Å². The molecule has 0 aliphatic heterocycles. The van der Waals surface area contributed by atoms with Crippen LogP contribution in [0.2, 0.25) is 0 Å². The van der Waals surface area contributed by atoms with Crippen molar-refractivity contribution in [3.8, 4) is 11.4 Å². The van der Waals surface area contributed by atoms with Crippen LogP contribution < -0.4 is 5.73 Å². The van der Waals surface area contributed by atoms with Crippen molar-refractivity contribution in [3.05, 3.63) is 41.1 Å². The Hall–Kier alpha value is -2.43. The van der Waals surface area contributed by atoms with E-state index < -0.39 is 0 Å². The van der Waals surface area contributed by atoms with Gasteiger partial charge in [-0.3, -0.25) is 0 Å². The average molecular weight is 253 g/mol. The fourth-order valence-electron chi connectivity index (χ4n) is 2.21. The molecule has 0 fully saturated rings. The molecule has 0 bridgehead atoms. The maximum absolute atomic E-state index is 6.16. The fraction of sp³-hybridized carbons (Fsp3) is 0.214. The third-order valence-electron chi connectivity index (χ3n) is 3.17. The number of benzene rings is 1. The summed E-state index contributed by atoms with van der Waals surface area (Å²) >= 11 is 0. The molecule has 0 aliphatic carbocycles. The third kappa shape index (κ3) is 1.83. The predicted molar refractivity (Wildman–Crippen MR) is 74.8 cm³/mol. The van der Waals surface area contributed by atoms with Gasteiger partial charge in [0.2, 0.25) is 0 Å². The minimum atomic E-state index is 0.683. The SMILES string of the molecule is Cc1cc(C)c(N)c(-c2nnc3ccc(C)nn23)c1. The third-order valence-corrected chi connectivity index (χ3v) is 3.17. The van der Waals surface area contributed by atoms with E-state index in [4.69, 9.17) is 5.73 Å². The second-order valence-corrected chi connectivity index (χ2v) is 4.81. The summed E-state index contributed by atoms with van der Waals surface area (Å²) in [6, 6.07) is 7.89. The molecule has 0 spiro atoms. The van der Waals surface area contributed by atoms with Gasteiger partial charge in [-0.2, -0.15) is 9.61 Å². The molecule has 2 heterocycles. The summed E-state index contributed by atoms with van der Waals surface area (Å²) in [5, 5.41) is 12.8. The number of rotatable bonds is 1. The Morgan fingerprint density at radius 1 is 1.05 bits per heavy atom. The van der Waals surface area contributed by atoms with Crippen molar-refractivity contribution in [3.63, 3.8) is 0 Å². The van der Waals surface area contributed by atoms with Gasteiger partial charge < -0.3 is 5.73 Å². The largest absolute Gasteiger partial charge is 0.398 e. The van der Waals surface area contributed by atoms with E-state index in [1.165, 1.54) is 0 Å². The Balaban J connectivity index is 2.33. The molecule has 0 saturated carbocycles. The van der Waals surface area contributed by atoms with Crippen molar-refractivity contribution in [2.24, 2.45) is 0 Å². The first-order valence-electron chi connectivity index (χ1n) is 6.12. The Morgan fingerprint density at radius 3 is 2.63 bits per heavy atom. The molecule has 0 aliphatic rings. The molecule has 3 rings (SSSR count). The van der Waals surface area contributed by atoms with E-state index >= 15 is 0 Å². The van der Waals surface area contributed by atoms with Gasteiger partial charge in [0.15, 0.2) is 11.5 Å². The lowest BCUT2D eigenvalue weighted by Crippen LogP contribution is -2.01. The first kappa shape index (κ1) is 11.6. The zero-order chi connectivity index (χ0) is 13.6. The summed E-state index contributed by atoms with van der Waals surface area (Å²) < 4.78 is 1.74. The predicted octanol–water partition coefficient (Wildman–Crippen LogP) is 2.30. The van der Waals surface area contributed by atoms with Crippen LogP contribution in [-0.4, -0.2) is 19.8 Å². The van der Waals surface area contributed by atoms with Crippen LogP contribution in [0.15, 0.2) is 24.3 Å². The molecule has 1 aromatic carbocycles. The molecule has 3 aromatic rings. The van der Waals surface area contributed by atoms with E-state index in [0.717, 1.165) is 33.7 Å². The van der Waals surface area contributed by atoms with Gasteiger partial charge in [-0.15, -0.1) is 10.2 Å².